The van der Waals surface area contributed by atoms with Crippen molar-refractivity contribution in [2.24, 2.45) is 0 Å². The standard InChI is InChI=1S/C27H25N3O5S/c1-35-27(34)24-20-12-13-29(15-17-6-3-2-4-7-17)16-21(20)36-26(24)28-25(33)18-8-5-9-19(14-18)30-22(31)10-11-23(30)32/h2-9,14H,10-13,15-16H2,1H3,(H,28,33). The minimum Gasteiger partial charge on any atom is -0.465 e. The number of hydrogen-bond donors (Lipinski definition) is 1. The van der Waals surface area contributed by atoms with Crippen LogP contribution in [-0.2, 0) is 33.8 Å². The molecule has 3 aromatic rings. The fourth-order valence-electron chi connectivity index (χ4n) is 4.67. The molecule has 2 aromatic carbocycles. The van der Waals surface area contributed by atoms with Crippen molar-refractivity contribution in [3.63, 3.8) is 0 Å². The zero-order valence-corrected chi connectivity index (χ0v) is 20.6. The van der Waals surface area contributed by atoms with Crippen molar-refractivity contribution in [2.75, 3.05) is 23.9 Å². The summed E-state index contributed by atoms with van der Waals surface area (Å²) in [6.07, 6.45) is 1.01. The number of nitrogens with zero attached hydrogens (tertiary/aromatic N) is 2. The number of carbonyl (C=O) groups excluding carboxylic acids is 4. The first kappa shape index (κ1) is 23.9. The van der Waals surface area contributed by atoms with Gasteiger partial charge in [0.25, 0.3) is 5.91 Å². The first-order valence-corrected chi connectivity index (χ1v) is 12.5. The number of nitrogens with one attached hydrogen (secondary N) is 1. The molecular weight excluding hydrogens is 478 g/mol. The lowest BCUT2D eigenvalue weighted by atomic mass is 10.0. The van der Waals surface area contributed by atoms with E-state index in [2.05, 4.69) is 22.3 Å². The predicted molar refractivity (Wildman–Crippen MR) is 136 cm³/mol. The Kier molecular flexibility index (Phi) is 6.67. The Morgan fingerprint density at radius 2 is 1.75 bits per heavy atom. The van der Waals surface area contributed by atoms with Gasteiger partial charge in [0.05, 0.1) is 18.4 Å². The Balaban J connectivity index is 1.39. The van der Waals surface area contributed by atoms with E-state index in [0.29, 0.717) is 29.2 Å². The van der Waals surface area contributed by atoms with E-state index in [1.165, 1.54) is 30.1 Å². The number of benzene rings is 2. The van der Waals surface area contributed by atoms with Crippen molar-refractivity contribution in [3.8, 4) is 0 Å². The minimum atomic E-state index is -0.485. The zero-order chi connectivity index (χ0) is 25.2. The highest BCUT2D eigenvalue weighted by atomic mass is 32.1. The monoisotopic (exact) mass is 503 g/mol. The second kappa shape index (κ2) is 10.0. The Morgan fingerprint density at radius 1 is 1.00 bits per heavy atom. The maximum Gasteiger partial charge on any atom is 0.341 e. The normalized spacial score (nSPS) is 15.6. The highest BCUT2D eigenvalue weighted by molar-refractivity contribution is 7.17. The third-order valence-corrected chi connectivity index (χ3v) is 7.55. The summed E-state index contributed by atoms with van der Waals surface area (Å²) in [5.74, 6) is -1.48. The van der Waals surface area contributed by atoms with Crippen LogP contribution in [0.25, 0.3) is 0 Å². The summed E-state index contributed by atoms with van der Waals surface area (Å²) >= 11 is 1.38. The van der Waals surface area contributed by atoms with Crippen LogP contribution in [0.5, 0.6) is 0 Å². The Hall–Kier alpha value is -3.82. The molecule has 0 spiro atoms. The minimum absolute atomic E-state index is 0.166. The molecule has 1 saturated heterocycles. The van der Waals surface area contributed by atoms with Crippen molar-refractivity contribution in [1.82, 2.24) is 4.90 Å². The lowest BCUT2D eigenvalue weighted by molar-refractivity contribution is -0.121. The van der Waals surface area contributed by atoms with Gasteiger partial charge in [-0.3, -0.25) is 24.2 Å². The smallest absolute Gasteiger partial charge is 0.341 e. The van der Waals surface area contributed by atoms with Crippen LogP contribution < -0.4 is 10.2 Å². The fraction of sp³-hybridized carbons (Fsp3) is 0.259. The van der Waals surface area contributed by atoms with E-state index < -0.39 is 11.9 Å². The van der Waals surface area contributed by atoms with Crippen LogP contribution in [0.2, 0.25) is 0 Å². The first-order chi connectivity index (χ1) is 17.4. The van der Waals surface area contributed by atoms with Gasteiger partial charge in [0.15, 0.2) is 0 Å². The lowest BCUT2D eigenvalue weighted by Crippen LogP contribution is -2.29. The maximum atomic E-state index is 13.2. The number of anilines is 2. The summed E-state index contributed by atoms with van der Waals surface area (Å²) in [5, 5.41) is 3.32. The summed E-state index contributed by atoms with van der Waals surface area (Å²) in [7, 11) is 1.33. The molecule has 1 aromatic heterocycles. The second-order valence-corrected chi connectivity index (χ2v) is 9.88. The van der Waals surface area contributed by atoms with Crippen LogP contribution in [0.4, 0.5) is 10.7 Å². The lowest BCUT2D eigenvalue weighted by Gasteiger charge is -2.27. The number of thiophene rings is 1. The average Bonchev–Trinajstić information content (AvgIpc) is 3.42. The third-order valence-electron chi connectivity index (χ3n) is 6.42. The SMILES string of the molecule is COC(=O)c1c(NC(=O)c2cccc(N3C(=O)CCC3=O)c2)sc2c1CCN(Cc1ccccc1)C2. The highest BCUT2D eigenvalue weighted by Crippen LogP contribution is 2.38. The van der Waals surface area contributed by atoms with Gasteiger partial charge in [-0.25, -0.2) is 4.79 Å². The topological polar surface area (TPSA) is 96.0 Å². The predicted octanol–water partition coefficient (Wildman–Crippen LogP) is 4.00. The summed E-state index contributed by atoms with van der Waals surface area (Å²) in [5.41, 5.74) is 3.17. The maximum absolute atomic E-state index is 13.2. The van der Waals surface area contributed by atoms with Crippen LogP contribution >= 0.6 is 11.3 Å². The largest absolute Gasteiger partial charge is 0.465 e. The molecule has 0 saturated carbocycles. The molecule has 5 rings (SSSR count). The molecule has 0 unspecified atom stereocenters. The molecule has 0 radical (unpaired) electrons. The molecule has 8 nitrogen and oxygen atoms in total. The number of carbonyl (C=O) groups is 4. The molecule has 2 aliphatic heterocycles. The van der Waals surface area contributed by atoms with Crippen molar-refractivity contribution < 1.29 is 23.9 Å². The van der Waals surface area contributed by atoms with Gasteiger partial charge in [0.1, 0.15) is 5.00 Å². The number of imide groups is 1. The fourth-order valence-corrected chi connectivity index (χ4v) is 5.94. The first-order valence-electron chi connectivity index (χ1n) is 11.7. The van der Waals surface area contributed by atoms with E-state index in [1.807, 2.05) is 18.2 Å². The Labute approximate surface area is 212 Å². The van der Waals surface area contributed by atoms with E-state index >= 15 is 0 Å². The molecule has 1 fully saturated rings. The van der Waals surface area contributed by atoms with Gasteiger partial charge < -0.3 is 10.1 Å². The molecule has 2 aliphatic rings. The molecule has 0 bridgehead atoms. The van der Waals surface area contributed by atoms with Crippen molar-refractivity contribution >= 4 is 45.7 Å². The molecule has 0 aliphatic carbocycles. The average molecular weight is 504 g/mol. The quantitative estimate of drug-likeness (QED) is 0.404. The van der Waals surface area contributed by atoms with E-state index in [0.717, 1.165) is 28.4 Å². The molecule has 36 heavy (non-hydrogen) atoms. The van der Waals surface area contributed by atoms with Gasteiger partial charge in [-0.1, -0.05) is 36.4 Å². The molecule has 0 atom stereocenters. The molecule has 9 heteroatoms. The van der Waals surface area contributed by atoms with E-state index in [9.17, 15) is 19.2 Å². The van der Waals surface area contributed by atoms with Gasteiger partial charge in [-0.15, -0.1) is 11.3 Å². The van der Waals surface area contributed by atoms with Gasteiger partial charge in [-0.2, -0.15) is 0 Å². The number of ether oxygens (including phenoxy) is 1. The second-order valence-electron chi connectivity index (χ2n) is 8.77. The van der Waals surface area contributed by atoms with Crippen LogP contribution in [0, 0.1) is 0 Å². The Bertz CT molecular complexity index is 1330. The van der Waals surface area contributed by atoms with Crippen molar-refractivity contribution in [3.05, 3.63) is 81.7 Å². The number of hydrogen-bond acceptors (Lipinski definition) is 7. The zero-order valence-electron chi connectivity index (χ0n) is 19.8. The molecule has 1 N–H and O–H groups in total. The number of fused-ring (bicyclic) bond motifs is 1. The molecular formula is C27H25N3O5S. The van der Waals surface area contributed by atoms with Crippen LogP contribution in [0.15, 0.2) is 54.6 Å². The van der Waals surface area contributed by atoms with Gasteiger partial charge in [0, 0.05) is 42.9 Å². The highest BCUT2D eigenvalue weighted by Gasteiger charge is 2.32. The summed E-state index contributed by atoms with van der Waals surface area (Å²) in [6.45, 7) is 2.26. The van der Waals surface area contributed by atoms with E-state index in [1.54, 1.807) is 18.2 Å². The third kappa shape index (κ3) is 4.67. The number of methoxy groups -OCH3 is 1. The molecule has 3 heterocycles. The number of esters is 1. The number of amides is 3. The Morgan fingerprint density at radius 3 is 2.47 bits per heavy atom. The summed E-state index contributed by atoms with van der Waals surface area (Å²) in [6, 6.07) is 16.6. The van der Waals surface area contributed by atoms with Crippen molar-refractivity contribution in [1.29, 1.82) is 0 Å². The molecule has 184 valence electrons. The number of rotatable bonds is 6. The van der Waals surface area contributed by atoms with E-state index in [-0.39, 0.29) is 30.2 Å². The summed E-state index contributed by atoms with van der Waals surface area (Å²) < 4.78 is 5.04. The van der Waals surface area contributed by atoms with Crippen molar-refractivity contribution in [2.45, 2.75) is 32.4 Å². The van der Waals surface area contributed by atoms with Gasteiger partial charge >= 0.3 is 5.97 Å². The van der Waals surface area contributed by atoms with E-state index in [4.69, 9.17) is 4.74 Å². The molecule has 3 amide bonds. The van der Waals surface area contributed by atoms with Gasteiger partial charge in [0.2, 0.25) is 11.8 Å². The van der Waals surface area contributed by atoms with Crippen LogP contribution in [0.3, 0.4) is 0 Å². The van der Waals surface area contributed by atoms with Crippen LogP contribution in [-0.4, -0.2) is 42.2 Å². The van der Waals surface area contributed by atoms with Gasteiger partial charge in [-0.05, 0) is 35.7 Å². The summed E-state index contributed by atoms with van der Waals surface area (Å²) in [4.78, 5) is 54.5. The van der Waals surface area contributed by atoms with Crippen LogP contribution in [0.1, 0.15) is 49.6 Å².